The summed E-state index contributed by atoms with van der Waals surface area (Å²) in [7, 11) is 0. The molecule has 1 heterocycles. The van der Waals surface area contributed by atoms with Gasteiger partial charge in [0.25, 0.3) is 0 Å². The van der Waals surface area contributed by atoms with Gasteiger partial charge in [0, 0.05) is 12.1 Å². The third-order valence-electron chi connectivity index (χ3n) is 3.96. The van der Waals surface area contributed by atoms with Gasteiger partial charge in [-0.2, -0.15) is 0 Å². The van der Waals surface area contributed by atoms with E-state index in [9.17, 15) is 4.79 Å². The van der Waals surface area contributed by atoms with Gasteiger partial charge in [0.05, 0.1) is 0 Å². The summed E-state index contributed by atoms with van der Waals surface area (Å²) < 4.78 is 0. The first-order valence-corrected chi connectivity index (χ1v) is 6.52. The first-order chi connectivity index (χ1) is 8.36. The number of hydrogen-bond acceptors (Lipinski definition) is 2. The Bertz CT molecular complexity index is 437. The van der Waals surface area contributed by atoms with Crippen molar-refractivity contribution in [2.24, 2.45) is 5.73 Å². The Hall–Kier alpha value is -1.35. The van der Waals surface area contributed by atoms with Crippen molar-refractivity contribution >= 4 is 5.91 Å². The zero-order valence-electron chi connectivity index (χ0n) is 11.4. The molecule has 98 valence electrons. The van der Waals surface area contributed by atoms with E-state index in [1.54, 1.807) is 6.92 Å². The molecule has 1 aromatic carbocycles. The van der Waals surface area contributed by atoms with Crippen LogP contribution in [0.3, 0.4) is 0 Å². The normalized spacial score (nSPS) is 21.7. The Morgan fingerprint density at radius 1 is 1.33 bits per heavy atom. The molecule has 1 unspecified atom stereocenters. The van der Waals surface area contributed by atoms with Gasteiger partial charge in [-0.25, -0.2) is 0 Å². The highest BCUT2D eigenvalue weighted by molar-refractivity contribution is 5.87. The number of likely N-dealkylation sites (tertiary alicyclic amines) is 1. The second-order valence-corrected chi connectivity index (χ2v) is 5.94. The molecule has 18 heavy (non-hydrogen) atoms. The molecule has 1 amide bonds. The van der Waals surface area contributed by atoms with Crippen LogP contribution in [0.5, 0.6) is 0 Å². The van der Waals surface area contributed by atoms with Gasteiger partial charge in [0.1, 0.15) is 5.54 Å². The molecule has 0 radical (unpaired) electrons. The maximum atomic E-state index is 12.7. The highest BCUT2D eigenvalue weighted by atomic mass is 16.2. The zero-order valence-corrected chi connectivity index (χ0v) is 11.4. The lowest BCUT2D eigenvalue weighted by Gasteiger charge is -2.37. The minimum Gasteiger partial charge on any atom is -0.336 e. The molecule has 3 heteroatoms. The topological polar surface area (TPSA) is 46.3 Å². The lowest BCUT2D eigenvalue weighted by molar-refractivity contribution is -0.140. The van der Waals surface area contributed by atoms with Crippen LogP contribution in [-0.2, 0) is 10.3 Å². The van der Waals surface area contributed by atoms with Gasteiger partial charge < -0.3 is 10.6 Å². The summed E-state index contributed by atoms with van der Waals surface area (Å²) in [6.07, 6.45) is 2.10. The average molecular weight is 246 g/mol. The predicted molar refractivity (Wildman–Crippen MR) is 73.0 cm³/mol. The van der Waals surface area contributed by atoms with Gasteiger partial charge in [0.2, 0.25) is 5.91 Å². The van der Waals surface area contributed by atoms with Crippen LogP contribution in [0.25, 0.3) is 0 Å². The Morgan fingerprint density at radius 2 is 1.94 bits per heavy atom. The molecule has 0 aliphatic carbocycles. The SMILES string of the molecule is CC(N)(C(=O)N1CCCC1(C)C)c1ccccc1. The van der Waals surface area contributed by atoms with Crippen LogP contribution in [0.15, 0.2) is 30.3 Å². The Kier molecular flexibility index (Phi) is 3.20. The molecule has 2 rings (SSSR count). The van der Waals surface area contributed by atoms with E-state index in [1.165, 1.54) is 0 Å². The number of nitrogens with two attached hydrogens (primary N) is 1. The Balaban J connectivity index is 2.28. The summed E-state index contributed by atoms with van der Waals surface area (Å²) in [5, 5.41) is 0. The van der Waals surface area contributed by atoms with E-state index in [4.69, 9.17) is 5.73 Å². The maximum Gasteiger partial charge on any atom is 0.247 e. The molecule has 2 N–H and O–H groups in total. The summed E-state index contributed by atoms with van der Waals surface area (Å²) in [4.78, 5) is 14.6. The van der Waals surface area contributed by atoms with Crippen LogP contribution >= 0.6 is 0 Å². The molecular formula is C15H22N2O. The van der Waals surface area contributed by atoms with Gasteiger partial charge in [-0.1, -0.05) is 30.3 Å². The van der Waals surface area contributed by atoms with Crippen LogP contribution in [0.4, 0.5) is 0 Å². The third-order valence-corrected chi connectivity index (χ3v) is 3.96. The first kappa shape index (κ1) is 13.1. The lowest BCUT2D eigenvalue weighted by atomic mass is 9.90. The summed E-state index contributed by atoms with van der Waals surface area (Å²) in [5.74, 6) is 0.0243. The maximum absolute atomic E-state index is 12.7. The largest absolute Gasteiger partial charge is 0.336 e. The standard InChI is InChI=1S/C15H22N2O/c1-14(2)10-7-11-17(14)13(18)15(3,16)12-8-5-4-6-9-12/h4-6,8-9H,7,10-11,16H2,1-3H3. The fourth-order valence-electron chi connectivity index (χ4n) is 2.67. The summed E-state index contributed by atoms with van der Waals surface area (Å²) in [6, 6.07) is 9.61. The summed E-state index contributed by atoms with van der Waals surface area (Å²) in [5.41, 5.74) is 6.15. The number of rotatable bonds is 2. The van der Waals surface area contributed by atoms with Gasteiger partial charge in [-0.05, 0) is 39.2 Å². The van der Waals surface area contributed by atoms with E-state index in [0.717, 1.165) is 24.9 Å². The smallest absolute Gasteiger partial charge is 0.247 e. The van der Waals surface area contributed by atoms with Gasteiger partial charge in [-0.3, -0.25) is 4.79 Å². The lowest BCUT2D eigenvalue weighted by Crippen LogP contribution is -2.55. The molecule has 1 atom stereocenters. The van der Waals surface area contributed by atoms with Crippen LogP contribution in [0.1, 0.15) is 39.2 Å². The van der Waals surface area contributed by atoms with Crippen LogP contribution < -0.4 is 5.73 Å². The molecular weight excluding hydrogens is 224 g/mol. The summed E-state index contributed by atoms with van der Waals surface area (Å²) in [6.45, 7) is 6.84. The van der Waals surface area contributed by atoms with Gasteiger partial charge in [-0.15, -0.1) is 0 Å². The van der Waals surface area contributed by atoms with Crippen molar-refractivity contribution in [2.75, 3.05) is 6.54 Å². The number of hydrogen-bond donors (Lipinski definition) is 1. The molecule has 1 aromatic rings. The molecule has 1 aliphatic heterocycles. The van der Waals surface area contributed by atoms with E-state index >= 15 is 0 Å². The minimum atomic E-state index is -0.942. The molecule has 0 saturated carbocycles. The fraction of sp³-hybridized carbons (Fsp3) is 0.533. The molecule has 0 spiro atoms. The second kappa shape index (κ2) is 4.39. The molecule has 1 aliphatic rings. The second-order valence-electron chi connectivity index (χ2n) is 5.94. The quantitative estimate of drug-likeness (QED) is 0.870. The average Bonchev–Trinajstić information content (AvgIpc) is 2.69. The van der Waals surface area contributed by atoms with E-state index in [1.807, 2.05) is 35.2 Å². The van der Waals surface area contributed by atoms with Crippen molar-refractivity contribution in [3.63, 3.8) is 0 Å². The molecule has 0 bridgehead atoms. The first-order valence-electron chi connectivity index (χ1n) is 6.52. The van der Waals surface area contributed by atoms with E-state index in [-0.39, 0.29) is 11.4 Å². The van der Waals surface area contributed by atoms with E-state index in [2.05, 4.69) is 13.8 Å². The van der Waals surface area contributed by atoms with Gasteiger partial charge >= 0.3 is 0 Å². The highest BCUT2D eigenvalue weighted by Gasteiger charge is 2.42. The number of benzene rings is 1. The number of carbonyl (C=O) groups is 1. The molecule has 0 aromatic heterocycles. The molecule has 1 fully saturated rings. The van der Waals surface area contributed by atoms with Crippen LogP contribution in [-0.4, -0.2) is 22.9 Å². The Morgan fingerprint density at radius 3 is 2.44 bits per heavy atom. The molecule has 3 nitrogen and oxygen atoms in total. The van der Waals surface area contributed by atoms with Crippen molar-refractivity contribution in [3.8, 4) is 0 Å². The van der Waals surface area contributed by atoms with E-state index in [0.29, 0.717) is 0 Å². The number of amides is 1. The highest BCUT2D eigenvalue weighted by Crippen LogP contribution is 2.32. The van der Waals surface area contributed by atoms with Crippen LogP contribution in [0, 0.1) is 0 Å². The van der Waals surface area contributed by atoms with Crippen molar-refractivity contribution < 1.29 is 4.79 Å². The van der Waals surface area contributed by atoms with Crippen LogP contribution in [0.2, 0.25) is 0 Å². The third kappa shape index (κ3) is 2.15. The summed E-state index contributed by atoms with van der Waals surface area (Å²) >= 11 is 0. The number of carbonyl (C=O) groups excluding carboxylic acids is 1. The minimum absolute atomic E-state index is 0.0243. The van der Waals surface area contributed by atoms with Gasteiger partial charge in [0.15, 0.2) is 0 Å². The van der Waals surface area contributed by atoms with E-state index < -0.39 is 5.54 Å². The fourth-order valence-corrected chi connectivity index (χ4v) is 2.67. The molecule has 1 saturated heterocycles. The predicted octanol–water partition coefficient (Wildman–Crippen LogP) is 2.26. The van der Waals surface area contributed by atoms with Crippen molar-refractivity contribution in [2.45, 2.75) is 44.7 Å². The Labute approximate surface area is 109 Å². The zero-order chi connectivity index (χ0) is 13.4. The van der Waals surface area contributed by atoms with Crippen molar-refractivity contribution in [1.82, 2.24) is 4.90 Å². The monoisotopic (exact) mass is 246 g/mol. The van der Waals surface area contributed by atoms with Crippen molar-refractivity contribution in [3.05, 3.63) is 35.9 Å². The van der Waals surface area contributed by atoms with Crippen molar-refractivity contribution in [1.29, 1.82) is 0 Å². The number of nitrogens with zero attached hydrogens (tertiary/aromatic N) is 1.